The first-order valence-electron chi connectivity index (χ1n) is 15.6. The summed E-state index contributed by atoms with van der Waals surface area (Å²) in [5.41, 5.74) is 0.833. The van der Waals surface area contributed by atoms with E-state index < -0.39 is 46.2 Å². The number of ether oxygens (including phenoxy) is 1. The van der Waals surface area contributed by atoms with Crippen LogP contribution in [0.3, 0.4) is 0 Å². The molecule has 10 nitrogen and oxygen atoms in total. The number of benzene rings is 2. The summed E-state index contributed by atoms with van der Waals surface area (Å²) in [6.45, 7) is 5.49. The van der Waals surface area contributed by atoms with Crippen molar-refractivity contribution in [3.05, 3.63) is 64.4 Å². The van der Waals surface area contributed by atoms with Crippen molar-refractivity contribution in [1.82, 2.24) is 14.9 Å². The predicted molar refractivity (Wildman–Crippen MR) is 174 cm³/mol. The highest BCUT2D eigenvalue weighted by Crippen LogP contribution is 2.49. The van der Waals surface area contributed by atoms with E-state index >= 15 is 4.39 Å². The van der Waals surface area contributed by atoms with E-state index in [1.165, 1.54) is 12.1 Å². The third kappa shape index (κ3) is 8.29. The number of carbonyl (C=O) groups is 2. The minimum absolute atomic E-state index is 0.0968. The van der Waals surface area contributed by atoms with Crippen LogP contribution in [0.1, 0.15) is 63.0 Å². The Morgan fingerprint density at radius 1 is 1.20 bits per heavy atom. The maximum Gasteiger partial charge on any atom is 0.405 e. The Morgan fingerprint density at radius 3 is 2.67 bits per heavy atom. The van der Waals surface area contributed by atoms with Gasteiger partial charge in [-0.15, -0.1) is 10.8 Å². The molecule has 2 unspecified atom stereocenters. The van der Waals surface area contributed by atoms with Crippen LogP contribution in [0.5, 0.6) is 0 Å². The van der Waals surface area contributed by atoms with E-state index in [1.54, 1.807) is 22.5 Å². The number of hydrogen-bond acceptors (Lipinski definition) is 7. The molecule has 3 heterocycles. The quantitative estimate of drug-likeness (QED) is 0.189. The summed E-state index contributed by atoms with van der Waals surface area (Å²) in [6.07, 6.45) is 2.13. The Balaban J connectivity index is 1.40. The number of piperazine rings is 1. The maximum absolute atomic E-state index is 15.4. The van der Waals surface area contributed by atoms with Crippen molar-refractivity contribution in [2.24, 2.45) is 5.92 Å². The van der Waals surface area contributed by atoms with Gasteiger partial charge in [0, 0.05) is 54.0 Å². The first-order chi connectivity index (χ1) is 21.3. The number of carboxylic acid groups (broad SMARTS) is 1. The first-order valence-corrected chi connectivity index (χ1v) is 17.6. The summed E-state index contributed by atoms with van der Waals surface area (Å²) >= 11 is 6.17. The summed E-state index contributed by atoms with van der Waals surface area (Å²) in [7, 11) is -2.92. The molecule has 3 saturated heterocycles. The van der Waals surface area contributed by atoms with E-state index in [9.17, 15) is 23.8 Å². The monoisotopic (exact) mass is 666 g/mol. The fraction of sp³-hybridized carbons (Fsp3) is 0.562. The second-order valence-corrected chi connectivity index (χ2v) is 15.6. The van der Waals surface area contributed by atoms with Crippen molar-refractivity contribution in [2.75, 3.05) is 30.8 Å². The van der Waals surface area contributed by atoms with Crippen molar-refractivity contribution in [1.29, 1.82) is 0 Å². The number of anilines is 1. The van der Waals surface area contributed by atoms with Gasteiger partial charge in [-0.25, -0.2) is 13.5 Å². The highest BCUT2D eigenvalue weighted by atomic mass is 35.5. The lowest BCUT2D eigenvalue weighted by molar-refractivity contribution is -0.120. The lowest BCUT2D eigenvalue weighted by atomic mass is 9.73. The van der Waals surface area contributed by atoms with Crippen LogP contribution in [0.25, 0.3) is 0 Å². The zero-order valence-electron chi connectivity index (χ0n) is 25.7. The van der Waals surface area contributed by atoms with Crippen molar-refractivity contribution >= 4 is 40.1 Å². The van der Waals surface area contributed by atoms with E-state index in [0.29, 0.717) is 49.7 Å². The molecule has 13 heteroatoms. The minimum Gasteiger partial charge on any atom is -0.465 e. The van der Waals surface area contributed by atoms with E-state index in [1.807, 2.05) is 26.0 Å². The van der Waals surface area contributed by atoms with Crippen LogP contribution >= 0.6 is 22.4 Å². The fourth-order valence-corrected chi connectivity index (χ4v) is 9.17. The van der Waals surface area contributed by atoms with Crippen molar-refractivity contribution in [2.45, 2.75) is 82.0 Å². The number of rotatable bonds is 9. The van der Waals surface area contributed by atoms with Crippen LogP contribution in [0.2, 0.25) is 5.02 Å². The first kappa shape index (κ1) is 33.9. The van der Waals surface area contributed by atoms with E-state index in [0.717, 1.165) is 18.4 Å². The molecule has 3 aliphatic rings. The van der Waals surface area contributed by atoms with Crippen LogP contribution in [0, 0.1) is 11.7 Å². The second kappa shape index (κ2) is 14.1. The number of halogens is 2. The smallest absolute Gasteiger partial charge is 0.405 e. The van der Waals surface area contributed by atoms with Gasteiger partial charge < -0.3 is 25.8 Å². The molecule has 3 aliphatic heterocycles. The molecule has 2 bridgehead atoms. The molecule has 45 heavy (non-hydrogen) atoms. The van der Waals surface area contributed by atoms with Gasteiger partial charge in [0.05, 0.1) is 11.4 Å². The van der Waals surface area contributed by atoms with Gasteiger partial charge in [0.15, 0.2) is 0 Å². The number of carbonyl (C=O) groups excluding carboxylic acids is 1. The third-order valence-electron chi connectivity index (χ3n) is 9.32. The summed E-state index contributed by atoms with van der Waals surface area (Å²) in [4.78, 5) is 26.2. The molecule has 0 spiro atoms. The van der Waals surface area contributed by atoms with Gasteiger partial charge in [0.25, 0.3) is 0 Å². The number of amides is 2. The van der Waals surface area contributed by atoms with Gasteiger partial charge in [-0.1, -0.05) is 29.8 Å². The zero-order chi connectivity index (χ0) is 32.4. The molecule has 0 radical (unpaired) electrons. The normalized spacial score (nSPS) is 27.8. The van der Waals surface area contributed by atoms with Crippen molar-refractivity contribution < 1.29 is 32.9 Å². The SMILES string of the molecule is CC1(C)C[C@@H]([C@H](c2ccc(Cl)cc2)[C@H](NC(=O)O)C(=O)Nc2cccc(F)c2CC[C@H]2CNC3CCCS(O)(O)N2C3)CCO1. The Labute approximate surface area is 270 Å². The lowest BCUT2D eigenvalue weighted by Crippen LogP contribution is -2.55. The second-order valence-electron chi connectivity index (χ2n) is 13.0. The van der Waals surface area contributed by atoms with Gasteiger partial charge >= 0.3 is 6.09 Å². The number of fused-ring (bicyclic) bond motifs is 2. The standard InChI is InChI=1S/C32H44ClFN4O6S/c1-32(2)17-21(14-15-44-32)28(20-8-10-22(33)11-9-20)29(37-31(40)41)30(39)36-27-7-3-6-26(34)25(27)13-12-24-18-35-23-5-4-16-45(42,43)38(24)19-23/h3,6-11,21,23-24,28-29,35,37,42-43H,4-5,12-19H2,1-2H3,(H,36,39)(H,40,41)/t21-,23?,24-,28-,29-/m0/s1. The Hall–Kier alpha value is -2.45. The molecule has 2 aromatic carbocycles. The zero-order valence-corrected chi connectivity index (χ0v) is 27.2. The molecular formula is C32H44ClFN4O6S. The topological polar surface area (TPSA) is 143 Å². The molecule has 2 aromatic rings. The Bertz CT molecular complexity index is 1370. The fourth-order valence-electron chi connectivity index (χ4n) is 7.18. The molecule has 0 saturated carbocycles. The van der Waals surface area contributed by atoms with E-state index in [2.05, 4.69) is 16.0 Å². The van der Waals surface area contributed by atoms with Gasteiger partial charge in [0.1, 0.15) is 11.9 Å². The predicted octanol–water partition coefficient (Wildman–Crippen LogP) is 6.08. The van der Waals surface area contributed by atoms with Crippen molar-refractivity contribution in [3.63, 3.8) is 0 Å². The molecule has 6 N–H and O–H groups in total. The van der Waals surface area contributed by atoms with Gasteiger partial charge in [-0.05, 0) is 88.1 Å². The number of hydrogen-bond donors (Lipinski definition) is 6. The van der Waals surface area contributed by atoms with Crippen LogP contribution in [-0.2, 0) is 16.0 Å². The molecule has 248 valence electrons. The van der Waals surface area contributed by atoms with Crippen LogP contribution in [0.15, 0.2) is 42.5 Å². The number of nitrogens with one attached hydrogen (secondary N) is 3. The van der Waals surface area contributed by atoms with Crippen molar-refractivity contribution in [3.8, 4) is 0 Å². The molecule has 6 atom stereocenters. The Morgan fingerprint density at radius 2 is 1.96 bits per heavy atom. The third-order valence-corrected chi connectivity index (χ3v) is 11.6. The minimum atomic E-state index is -2.92. The van der Waals surface area contributed by atoms with Gasteiger partial charge in [-0.3, -0.25) is 13.9 Å². The molecule has 0 aromatic heterocycles. The van der Waals surface area contributed by atoms with Crippen LogP contribution < -0.4 is 16.0 Å². The highest BCUT2D eigenvalue weighted by molar-refractivity contribution is 8.22. The molecule has 3 fully saturated rings. The molecule has 2 amide bonds. The maximum atomic E-state index is 15.4. The molecule has 5 rings (SSSR count). The largest absolute Gasteiger partial charge is 0.465 e. The Kier molecular flexibility index (Phi) is 10.6. The summed E-state index contributed by atoms with van der Waals surface area (Å²) in [5, 5.41) is 19.2. The van der Waals surface area contributed by atoms with Crippen LogP contribution in [0.4, 0.5) is 14.9 Å². The number of nitrogens with zero attached hydrogens (tertiary/aromatic N) is 1. The van der Waals surface area contributed by atoms with E-state index in [-0.39, 0.29) is 35.7 Å². The average molecular weight is 667 g/mol. The van der Waals surface area contributed by atoms with Gasteiger partial charge in [-0.2, -0.15) is 0 Å². The summed E-state index contributed by atoms with van der Waals surface area (Å²) < 4.78 is 44.7. The molecule has 0 aliphatic carbocycles. The molecular weight excluding hydrogens is 623 g/mol. The lowest BCUT2D eigenvalue weighted by Gasteiger charge is -2.49. The highest BCUT2D eigenvalue weighted by Gasteiger charge is 2.42. The van der Waals surface area contributed by atoms with E-state index in [4.69, 9.17) is 16.3 Å². The summed E-state index contributed by atoms with van der Waals surface area (Å²) in [6, 6.07) is 10.3. The average Bonchev–Trinajstić information content (AvgIpc) is 3.08. The van der Waals surface area contributed by atoms with Gasteiger partial charge in [0.2, 0.25) is 5.91 Å². The van der Waals surface area contributed by atoms with Crippen LogP contribution in [-0.4, -0.2) is 79.7 Å². The summed E-state index contributed by atoms with van der Waals surface area (Å²) in [5.74, 6) is -1.43.